The molecule has 0 unspecified atom stereocenters. The standard InChI is InChI=1S/C89H55NO/c1-3-25-60(26-4-1)87(61-27-5-2-6-28-61)74-39-19-14-34-69(74)83-76(87)41-21-43-81(83)90(82-44-22-42-77-84(82)70-35-15-20-40-75(70)88(77)71-36-16-11-31-65(71)66-32-12-17-37-72(66)88)62-50-45-56(46-51-62)59-47-52-68-67-33-13-18-38-73(67)89(80(68)55-59)78-53-48-57-23-7-9-29-63(57)85(78)91-86-64-30-10-8-24-58(64)49-54-79(86)89/h1-55H. The van der Waals surface area contributed by atoms with Crippen LogP contribution in [0.3, 0.4) is 0 Å². The molecule has 0 saturated heterocycles. The molecule has 0 N–H and O–H groups in total. The predicted octanol–water partition coefficient (Wildman–Crippen LogP) is 22.3. The van der Waals surface area contributed by atoms with Gasteiger partial charge in [0, 0.05) is 38.7 Å². The summed E-state index contributed by atoms with van der Waals surface area (Å²) in [4.78, 5) is 2.60. The molecular formula is C89H55NO. The van der Waals surface area contributed by atoms with E-state index in [-0.39, 0.29) is 0 Å². The van der Waals surface area contributed by atoms with Gasteiger partial charge in [0.15, 0.2) is 0 Å². The van der Waals surface area contributed by atoms with Crippen LogP contribution in [0.5, 0.6) is 11.5 Å². The Bertz CT molecular complexity index is 5320. The molecule has 0 saturated carbocycles. The van der Waals surface area contributed by atoms with Gasteiger partial charge in [-0.15, -0.1) is 0 Å². The molecule has 0 atom stereocenters. The molecular weight excluding hydrogens is 1100 g/mol. The number of hydrogen-bond donors (Lipinski definition) is 0. The lowest BCUT2D eigenvalue weighted by atomic mass is 9.65. The van der Waals surface area contributed by atoms with E-state index >= 15 is 0 Å². The van der Waals surface area contributed by atoms with Crippen molar-refractivity contribution in [2.24, 2.45) is 0 Å². The molecule has 5 aliphatic rings. The van der Waals surface area contributed by atoms with E-state index in [1.54, 1.807) is 0 Å². The molecule has 15 aromatic carbocycles. The number of benzene rings is 15. The first-order valence-corrected chi connectivity index (χ1v) is 31.8. The van der Waals surface area contributed by atoms with E-state index in [1.807, 2.05) is 0 Å². The van der Waals surface area contributed by atoms with Crippen LogP contribution in [0, 0.1) is 0 Å². The number of rotatable bonds is 6. The third-order valence-corrected chi connectivity index (χ3v) is 21.2. The summed E-state index contributed by atoms with van der Waals surface area (Å²) >= 11 is 0. The second kappa shape index (κ2) is 18.7. The minimum Gasteiger partial charge on any atom is -0.455 e. The molecule has 15 aromatic rings. The van der Waals surface area contributed by atoms with Gasteiger partial charge in [-0.3, -0.25) is 0 Å². The van der Waals surface area contributed by atoms with E-state index in [0.717, 1.165) is 72.4 Å². The zero-order valence-corrected chi connectivity index (χ0v) is 49.6. The van der Waals surface area contributed by atoms with E-state index in [2.05, 4.69) is 339 Å². The number of ether oxygens (including phenoxy) is 1. The van der Waals surface area contributed by atoms with Crippen LogP contribution in [-0.2, 0) is 16.2 Å². The zero-order chi connectivity index (χ0) is 59.6. The Balaban J connectivity index is 0.829. The summed E-state index contributed by atoms with van der Waals surface area (Å²) in [7, 11) is 0. The lowest BCUT2D eigenvalue weighted by Crippen LogP contribution is -2.32. The van der Waals surface area contributed by atoms with Gasteiger partial charge in [0.1, 0.15) is 11.5 Å². The average Bonchev–Trinajstić information content (AvgIpc) is 1.58. The van der Waals surface area contributed by atoms with Gasteiger partial charge < -0.3 is 9.64 Å². The summed E-state index contributed by atoms with van der Waals surface area (Å²) in [5.41, 5.74) is 29.0. The van der Waals surface area contributed by atoms with E-state index in [1.165, 1.54) is 100 Å². The van der Waals surface area contributed by atoms with E-state index in [0.29, 0.717) is 0 Å². The Morgan fingerprint density at radius 2 is 0.604 bits per heavy atom. The molecule has 0 fully saturated rings. The Hall–Kier alpha value is -11.6. The van der Waals surface area contributed by atoms with Crippen LogP contribution >= 0.6 is 0 Å². The third-order valence-electron chi connectivity index (χ3n) is 21.2. The predicted molar refractivity (Wildman–Crippen MR) is 373 cm³/mol. The summed E-state index contributed by atoms with van der Waals surface area (Å²) in [6.45, 7) is 0. The number of fused-ring (bicyclic) bond motifs is 26. The number of anilines is 3. The summed E-state index contributed by atoms with van der Waals surface area (Å²) in [6, 6.07) is 126. The fraction of sp³-hybridized carbons (Fsp3) is 0.0337. The molecule has 20 rings (SSSR count). The lowest BCUT2D eigenvalue weighted by molar-refractivity contribution is 0.447. The smallest absolute Gasteiger partial charge is 0.140 e. The molecule has 0 radical (unpaired) electrons. The topological polar surface area (TPSA) is 12.5 Å². The van der Waals surface area contributed by atoms with E-state index in [9.17, 15) is 0 Å². The zero-order valence-electron chi connectivity index (χ0n) is 49.6. The fourth-order valence-electron chi connectivity index (χ4n) is 17.8. The highest BCUT2D eigenvalue weighted by Gasteiger charge is 2.55. The van der Waals surface area contributed by atoms with Gasteiger partial charge in [-0.05, 0) is 141 Å². The van der Waals surface area contributed by atoms with Crippen molar-refractivity contribution >= 4 is 38.6 Å². The average molecular weight is 1150 g/mol. The largest absolute Gasteiger partial charge is 0.455 e. The quantitative estimate of drug-likeness (QED) is 0.165. The van der Waals surface area contributed by atoms with Crippen LogP contribution in [0.25, 0.3) is 77.2 Å². The Labute approximate surface area is 528 Å². The Morgan fingerprint density at radius 1 is 0.231 bits per heavy atom. The van der Waals surface area contributed by atoms with Crippen LogP contribution in [0.4, 0.5) is 17.1 Å². The van der Waals surface area contributed by atoms with Crippen LogP contribution in [0.1, 0.15) is 66.8 Å². The first-order valence-electron chi connectivity index (χ1n) is 31.8. The van der Waals surface area contributed by atoms with E-state index < -0.39 is 16.2 Å². The van der Waals surface area contributed by atoms with Crippen LogP contribution in [0.2, 0.25) is 0 Å². The fourth-order valence-corrected chi connectivity index (χ4v) is 17.8. The van der Waals surface area contributed by atoms with Crippen molar-refractivity contribution < 1.29 is 4.74 Å². The molecule has 0 bridgehead atoms. The third kappa shape index (κ3) is 6.45. The van der Waals surface area contributed by atoms with Gasteiger partial charge in [0.05, 0.1) is 27.6 Å². The summed E-state index contributed by atoms with van der Waals surface area (Å²) in [5.74, 6) is 1.84. The minimum absolute atomic E-state index is 0.526. The summed E-state index contributed by atoms with van der Waals surface area (Å²) in [5, 5.41) is 4.53. The van der Waals surface area contributed by atoms with Crippen molar-refractivity contribution in [2.75, 3.05) is 4.90 Å². The van der Waals surface area contributed by atoms with Crippen molar-refractivity contribution in [3.8, 4) is 67.1 Å². The minimum atomic E-state index is -0.671. The monoisotopic (exact) mass is 1150 g/mol. The molecule has 0 aromatic heterocycles. The maximum absolute atomic E-state index is 7.35. The number of nitrogens with zero attached hydrogens (tertiary/aromatic N) is 1. The Morgan fingerprint density at radius 3 is 1.11 bits per heavy atom. The number of hydrogen-bond acceptors (Lipinski definition) is 2. The van der Waals surface area contributed by atoms with Gasteiger partial charge in [-0.1, -0.05) is 303 Å². The second-order valence-electron chi connectivity index (χ2n) is 25.2. The van der Waals surface area contributed by atoms with Crippen molar-refractivity contribution in [2.45, 2.75) is 16.2 Å². The van der Waals surface area contributed by atoms with Crippen molar-refractivity contribution in [1.82, 2.24) is 0 Å². The lowest BCUT2D eigenvalue weighted by Gasteiger charge is -2.40. The van der Waals surface area contributed by atoms with Crippen molar-refractivity contribution in [3.05, 3.63) is 400 Å². The van der Waals surface area contributed by atoms with Gasteiger partial charge in [-0.2, -0.15) is 0 Å². The second-order valence-corrected chi connectivity index (χ2v) is 25.2. The maximum atomic E-state index is 7.35. The van der Waals surface area contributed by atoms with Gasteiger partial charge in [0.25, 0.3) is 0 Å². The first kappa shape index (κ1) is 50.4. The van der Waals surface area contributed by atoms with Crippen LogP contribution in [-0.4, -0.2) is 0 Å². The summed E-state index contributed by atoms with van der Waals surface area (Å²) < 4.78 is 7.35. The van der Waals surface area contributed by atoms with Crippen LogP contribution in [0.15, 0.2) is 334 Å². The van der Waals surface area contributed by atoms with Gasteiger partial charge >= 0.3 is 0 Å². The van der Waals surface area contributed by atoms with Crippen molar-refractivity contribution in [3.63, 3.8) is 0 Å². The molecule has 1 aliphatic heterocycles. The maximum Gasteiger partial charge on any atom is 0.140 e. The highest BCUT2D eigenvalue weighted by atomic mass is 16.5. The van der Waals surface area contributed by atoms with Crippen molar-refractivity contribution in [1.29, 1.82) is 0 Å². The highest BCUT2D eigenvalue weighted by molar-refractivity contribution is 6.05. The molecule has 91 heavy (non-hydrogen) atoms. The SMILES string of the molecule is c1ccc(C2(c3ccccc3)c3ccccc3-c3c(N(c4ccc(-c5ccc6c(c5)C5(c7ccccc7-6)c6ccc7ccccc7c6Oc6c5ccc5ccccc65)cc4)c4cccc5c4-c4ccccc4C54c5ccccc5-c5ccccc54)cccc32)cc1. The summed E-state index contributed by atoms with van der Waals surface area (Å²) in [6.07, 6.45) is 0. The van der Waals surface area contributed by atoms with Crippen LogP contribution < -0.4 is 9.64 Å². The molecule has 2 nitrogen and oxygen atoms in total. The highest BCUT2D eigenvalue weighted by Crippen LogP contribution is 2.68. The van der Waals surface area contributed by atoms with E-state index in [4.69, 9.17) is 4.74 Å². The molecule has 2 spiro atoms. The molecule has 4 aliphatic carbocycles. The Kier molecular flexibility index (Phi) is 10.4. The molecule has 0 amide bonds. The molecule has 2 heteroatoms. The molecule has 422 valence electrons. The molecule has 1 heterocycles. The van der Waals surface area contributed by atoms with Gasteiger partial charge in [-0.25, -0.2) is 0 Å². The first-order chi connectivity index (χ1) is 45.2. The van der Waals surface area contributed by atoms with Gasteiger partial charge in [0.2, 0.25) is 0 Å². The normalized spacial score (nSPS) is 14.5.